The fourth-order valence-corrected chi connectivity index (χ4v) is 5.49. The number of piperidine rings is 1. The average molecular weight is 381 g/mol. The molecule has 25 heavy (non-hydrogen) atoms. The number of sulfonamides is 1. The van der Waals surface area contributed by atoms with Gasteiger partial charge in [0.1, 0.15) is 0 Å². The molecule has 0 bridgehead atoms. The smallest absolute Gasteiger partial charge is 0.241 e. The van der Waals surface area contributed by atoms with Crippen molar-refractivity contribution in [2.24, 2.45) is 0 Å². The van der Waals surface area contributed by atoms with Gasteiger partial charge in [-0.25, -0.2) is 13.1 Å². The van der Waals surface area contributed by atoms with Crippen LogP contribution in [-0.4, -0.2) is 44.2 Å². The lowest BCUT2D eigenvalue weighted by Gasteiger charge is -2.29. The maximum absolute atomic E-state index is 12.6. The van der Waals surface area contributed by atoms with Gasteiger partial charge in [0, 0.05) is 31.6 Å². The monoisotopic (exact) mass is 380 g/mol. The van der Waals surface area contributed by atoms with Crippen LogP contribution in [0.2, 0.25) is 0 Å². The Morgan fingerprint density at radius 3 is 2.60 bits per heavy atom. The number of aliphatic hydroxyl groups excluding tert-OH is 1. The van der Waals surface area contributed by atoms with Gasteiger partial charge in [-0.2, -0.15) is 11.3 Å². The van der Waals surface area contributed by atoms with Crippen molar-refractivity contribution in [3.8, 4) is 0 Å². The van der Waals surface area contributed by atoms with Gasteiger partial charge < -0.3 is 5.11 Å². The molecule has 136 valence electrons. The van der Waals surface area contributed by atoms with E-state index in [0.717, 1.165) is 37.1 Å². The molecular formula is C18H24N2O3S2. The molecule has 2 aromatic rings. The van der Waals surface area contributed by atoms with Crippen LogP contribution < -0.4 is 4.72 Å². The summed E-state index contributed by atoms with van der Waals surface area (Å²) in [7, 11) is -3.49. The maximum atomic E-state index is 12.6. The lowest BCUT2D eigenvalue weighted by Crippen LogP contribution is -2.35. The van der Waals surface area contributed by atoms with Crippen molar-refractivity contribution >= 4 is 21.4 Å². The summed E-state index contributed by atoms with van der Waals surface area (Å²) in [5, 5.41) is 13.2. The minimum Gasteiger partial charge on any atom is -0.393 e. The number of benzene rings is 1. The van der Waals surface area contributed by atoms with E-state index >= 15 is 0 Å². The van der Waals surface area contributed by atoms with E-state index in [1.807, 2.05) is 35.7 Å². The normalized spacial score (nSPS) is 17.0. The van der Waals surface area contributed by atoms with Gasteiger partial charge in [0.25, 0.3) is 0 Å². The molecule has 1 aliphatic heterocycles. The van der Waals surface area contributed by atoms with E-state index in [0.29, 0.717) is 24.4 Å². The van der Waals surface area contributed by atoms with Crippen LogP contribution in [0.1, 0.15) is 24.0 Å². The summed E-state index contributed by atoms with van der Waals surface area (Å²) in [6.07, 6.45) is 1.95. The molecular weight excluding hydrogens is 356 g/mol. The van der Waals surface area contributed by atoms with E-state index in [1.165, 1.54) is 11.3 Å². The summed E-state index contributed by atoms with van der Waals surface area (Å²) in [5.74, 6) is 0. The zero-order valence-electron chi connectivity index (χ0n) is 14.1. The number of rotatable bonds is 7. The van der Waals surface area contributed by atoms with E-state index in [9.17, 15) is 13.5 Å². The molecule has 1 saturated heterocycles. The van der Waals surface area contributed by atoms with Crippen LogP contribution in [0.15, 0.2) is 46.0 Å². The van der Waals surface area contributed by atoms with Gasteiger partial charge in [0.2, 0.25) is 10.0 Å². The fraction of sp³-hybridized carbons (Fsp3) is 0.444. The van der Waals surface area contributed by atoms with Gasteiger partial charge in [-0.05, 0) is 35.8 Å². The Hall–Kier alpha value is -1.25. The van der Waals surface area contributed by atoms with Crippen molar-refractivity contribution in [2.75, 3.05) is 19.6 Å². The molecule has 7 heteroatoms. The number of hydrogen-bond acceptors (Lipinski definition) is 5. The molecule has 2 N–H and O–H groups in total. The van der Waals surface area contributed by atoms with Crippen molar-refractivity contribution in [1.82, 2.24) is 9.62 Å². The Morgan fingerprint density at radius 2 is 1.88 bits per heavy atom. The Balaban J connectivity index is 1.59. The van der Waals surface area contributed by atoms with E-state index in [4.69, 9.17) is 0 Å². The zero-order chi connectivity index (χ0) is 17.7. The Bertz CT molecular complexity index is 767. The van der Waals surface area contributed by atoms with E-state index in [-0.39, 0.29) is 6.10 Å². The highest BCUT2D eigenvalue weighted by Gasteiger charge is 2.23. The SMILES string of the molecule is O=S(=O)(NCCc1ccccc1)c1cscc1CN1CCC(O)CC1. The molecule has 2 heterocycles. The molecule has 0 radical (unpaired) electrons. The number of likely N-dealkylation sites (tertiary alicyclic amines) is 1. The van der Waals surface area contributed by atoms with Crippen LogP contribution in [-0.2, 0) is 23.0 Å². The Morgan fingerprint density at radius 1 is 1.16 bits per heavy atom. The summed E-state index contributed by atoms with van der Waals surface area (Å²) in [5.41, 5.74) is 1.95. The lowest BCUT2D eigenvalue weighted by molar-refractivity contribution is 0.0789. The topological polar surface area (TPSA) is 69.6 Å². The van der Waals surface area contributed by atoms with Crippen molar-refractivity contribution in [1.29, 1.82) is 0 Å². The van der Waals surface area contributed by atoms with Gasteiger partial charge in [-0.1, -0.05) is 30.3 Å². The second kappa shape index (κ2) is 8.42. The maximum Gasteiger partial charge on any atom is 0.241 e. The predicted octanol–water partition coefficient (Wildman–Crippen LogP) is 2.23. The highest BCUT2D eigenvalue weighted by atomic mass is 32.2. The van der Waals surface area contributed by atoms with Crippen LogP contribution in [0.5, 0.6) is 0 Å². The third kappa shape index (κ3) is 5.12. The molecule has 0 spiro atoms. The van der Waals surface area contributed by atoms with E-state index in [2.05, 4.69) is 9.62 Å². The van der Waals surface area contributed by atoms with Gasteiger partial charge >= 0.3 is 0 Å². The van der Waals surface area contributed by atoms with Crippen molar-refractivity contribution in [3.05, 3.63) is 52.2 Å². The zero-order valence-corrected chi connectivity index (χ0v) is 15.7. The van der Waals surface area contributed by atoms with Crippen LogP contribution >= 0.6 is 11.3 Å². The summed E-state index contributed by atoms with van der Waals surface area (Å²) < 4.78 is 28.0. The summed E-state index contributed by atoms with van der Waals surface area (Å²) in [6, 6.07) is 9.85. The van der Waals surface area contributed by atoms with Crippen LogP contribution in [0.3, 0.4) is 0 Å². The summed E-state index contributed by atoms with van der Waals surface area (Å²) >= 11 is 1.42. The number of nitrogens with one attached hydrogen (secondary N) is 1. The molecule has 1 aromatic carbocycles. The second-order valence-electron chi connectivity index (χ2n) is 6.40. The molecule has 0 aliphatic carbocycles. The van der Waals surface area contributed by atoms with Crippen molar-refractivity contribution in [3.63, 3.8) is 0 Å². The van der Waals surface area contributed by atoms with E-state index in [1.54, 1.807) is 5.38 Å². The highest BCUT2D eigenvalue weighted by Crippen LogP contribution is 2.23. The van der Waals surface area contributed by atoms with Gasteiger partial charge in [0.15, 0.2) is 0 Å². The first kappa shape index (κ1) is 18.5. The minimum absolute atomic E-state index is 0.221. The molecule has 3 rings (SSSR count). The molecule has 5 nitrogen and oxygen atoms in total. The Labute approximate surface area is 153 Å². The highest BCUT2D eigenvalue weighted by molar-refractivity contribution is 7.89. The molecule has 0 saturated carbocycles. The Kier molecular flexibility index (Phi) is 6.24. The number of nitrogens with zero attached hydrogens (tertiary/aromatic N) is 1. The number of thiophene rings is 1. The first-order chi connectivity index (χ1) is 12.0. The van der Waals surface area contributed by atoms with Gasteiger partial charge in [0.05, 0.1) is 11.0 Å². The molecule has 1 aliphatic rings. The van der Waals surface area contributed by atoms with Crippen LogP contribution in [0, 0.1) is 0 Å². The predicted molar refractivity (Wildman–Crippen MR) is 100 cm³/mol. The molecule has 0 amide bonds. The van der Waals surface area contributed by atoms with Gasteiger partial charge in [-0.15, -0.1) is 0 Å². The molecule has 0 atom stereocenters. The second-order valence-corrected chi connectivity index (χ2v) is 8.88. The van der Waals surface area contributed by atoms with Crippen LogP contribution in [0.4, 0.5) is 0 Å². The molecule has 1 fully saturated rings. The largest absolute Gasteiger partial charge is 0.393 e. The van der Waals surface area contributed by atoms with E-state index < -0.39 is 10.0 Å². The van der Waals surface area contributed by atoms with Crippen molar-refractivity contribution < 1.29 is 13.5 Å². The molecule has 0 unspecified atom stereocenters. The first-order valence-corrected chi connectivity index (χ1v) is 11.0. The fourth-order valence-electron chi connectivity index (χ4n) is 3.03. The number of hydrogen-bond donors (Lipinski definition) is 2. The van der Waals surface area contributed by atoms with Crippen LogP contribution in [0.25, 0.3) is 0 Å². The van der Waals surface area contributed by atoms with Gasteiger partial charge in [-0.3, -0.25) is 4.90 Å². The minimum atomic E-state index is -3.49. The average Bonchev–Trinajstić information content (AvgIpc) is 3.07. The summed E-state index contributed by atoms with van der Waals surface area (Å²) in [6.45, 7) is 2.61. The first-order valence-electron chi connectivity index (χ1n) is 8.54. The molecule has 1 aromatic heterocycles. The number of aliphatic hydroxyl groups is 1. The quantitative estimate of drug-likeness (QED) is 0.773. The standard InChI is InChI=1S/C18H24N2O3S2/c21-17-7-10-20(11-8-17)12-16-13-24-14-18(16)25(22,23)19-9-6-15-4-2-1-3-5-15/h1-5,13-14,17,19,21H,6-12H2. The third-order valence-electron chi connectivity index (χ3n) is 4.49. The third-order valence-corrected chi connectivity index (χ3v) is 6.98. The summed E-state index contributed by atoms with van der Waals surface area (Å²) in [4.78, 5) is 2.59. The van der Waals surface area contributed by atoms with Crippen molar-refractivity contribution in [2.45, 2.75) is 36.8 Å². The lowest BCUT2D eigenvalue weighted by atomic mass is 10.1.